The van der Waals surface area contributed by atoms with Crippen LogP contribution in [0.5, 0.6) is 0 Å². The third-order valence-corrected chi connectivity index (χ3v) is 0.878. The van der Waals surface area contributed by atoms with Gasteiger partial charge in [-0.3, -0.25) is 0 Å². The highest BCUT2D eigenvalue weighted by atomic mass is 24.3. The Bertz CT molecular complexity index is 36.0. The molecule has 3 heteroatoms. The first-order valence-electron chi connectivity index (χ1n) is 3.10. The van der Waals surface area contributed by atoms with Crippen molar-refractivity contribution >= 4 is 23.1 Å². The summed E-state index contributed by atoms with van der Waals surface area (Å²) >= 11 is 0. The molecule has 0 spiro atoms. The molecule has 0 aliphatic carbocycles. The van der Waals surface area contributed by atoms with Crippen LogP contribution < -0.4 is 0 Å². The molecular weight excluding hydrogens is 128 g/mol. The molecule has 2 nitrogen and oxygen atoms in total. The van der Waals surface area contributed by atoms with Crippen molar-refractivity contribution in [2.75, 3.05) is 19.8 Å². The summed E-state index contributed by atoms with van der Waals surface area (Å²) in [6.07, 6.45) is 2.26. The van der Waals surface area contributed by atoms with Gasteiger partial charge in [0.2, 0.25) is 0 Å². The van der Waals surface area contributed by atoms with Crippen LogP contribution in [-0.4, -0.2) is 48.0 Å². The number of ether oxygens (including phenoxy) is 1. The van der Waals surface area contributed by atoms with Crippen LogP contribution in [0, 0.1) is 0 Å². The zero-order chi connectivity index (χ0) is 6.24. The minimum atomic E-state index is 0. The Morgan fingerprint density at radius 1 is 1.33 bits per heavy atom. The molecule has 0 unspecified atom stereocenters. The Balaban J connectivity index is 0. The van der Waals surface area contributed by atoms with E-state index in [0.717, 1.165) is 19.4 Å². The Kier molecular flexibility index (Phi) is 15.8. The summed E-state index contributed by atoms with van der Waals surface area (Å²) in [5.74, 6) is 0. The zero-order valence-corrected chi connectivity index (χ0v) is 5.39. The van der Waals surface area contributed by atoms with Crippen molar-refractivity contribution in [2.45, 2.75) is 19.8 Å². The number of hydrogen-bond acceptors (Lipinski definition) is 2. The summed E-state index contributed by atoms with van der Waals surface area (Å²) in [4.78, 5) is 0. The zero-order valence-electron chi connectivity index (χ0n) is 5.39. The molecular formula is C6H16MgO2. The summed E-state index contributed by atoms with van der Waals surface area (Å²) in [6.45, 7) is 3.53. The van der Waals surface area contributed by atoms with Gasteiger partial charge in [-0.15, -0.1) is 0 Å². The van der Waals surface area contributed by atoms with Crippen molar-refractivity contribution in [1.29, 1.82) is 0 Å². The summed E-state index contributed by atoms with van der Waals surface area (Å²) in [6, 6.07) is 0. The minimum absolute atomic E-state index is 0. The van der Waals surface area contributed by atoms with E-state index in [4.69, 9.17) is 9.84 Å². The van der Waals surface area contributed by atoms with Gasteiger partial charge >= 0.3 is 23.1 Å². The van der Waals surface area contributed by atoms with E-state index in [1.807, 2.05) is 0 Å². The van der Waals surface area contributed by atoms with Crippen LogP contribution >= 0.6 is 0 Å². The summed E-state index contributed by atoms with van der Waals surface area (Å²) in [7, 11) is 0. The molecule has 1 N–H and O–H groups in total. The molecule has 0 radical (unpaired) electrons. The lowest BCUT2D eigenvalue weighted by molar-refractivity contribution is 0.0904. The van der Waals surface area contributed by atoms with Crippen LogP contribution in [0.15, 0.2) is 0 Å². The fourth-order valence-electron chi connectivity index (χ4n) is 0.413. The average Bonchev–Trinajstić information content (AvgIpc) is 1.81. The summed E-state index contributed by atoms with van der Waals surface area (Å²) in [5.41, 5.74) is 0. The molecule has 0 atom stereocenters. The first-order chi connectivity index (χ1) is 3.91. The number of aliphatic hydroxyl groups is 1. The first kappa shape index (κ1) is 12.4. The van der Waals surface area contributed by atoms with Gasteiger partial charge in [0.05, 0.1) is 13.2 Å². The molecule has 0 aromatic heterocycles. The van der Waals surface area contributed by atoms with Crippen molar-refractivity contribution in [2.24, 2.45) is 0 Å². The fraction of sp³-hybridized carbons (Fsp3) is 1.00. The van der Waals surface area contributed by atoms with Crippen LogP contribution in [0.25, 0.3) is 0 Å². The Labute approximate surface area is 72.7 Å². The highest BCUT2D eigenvalue weighted by Gasteiger charge is 1.82. The molecule has 0 aliphatic rings. The number of hydrogen-bond donors (Lipinski definition) is 1. The second kappa shape index (κ2) is 11.5. The molecule has 0 rings (SSSR count). The minimum Gasteiger partial charge on any atom is -0.394 e. The first-order valence-corrected chi connectivity index (χ1v) is 3.10. The van der Waals surface area contributed by atoms with Crippen LogP contribution in [0.4, 0.5) is 0 Å². The lowest BCUT2D eigenvalue weighted by atomic mass is 10.4. The van der Waals surface area contributed by atoms with Gasteiger partial charge in [-0.2, -0.15) is 0 Å². The highest BCUT2D eigenvalue weighted by molar-refractivity contribution is 5.75. The van der Waals surface area contributed by atoms with Gasteiger partial charge in [0, 0.05) is 6.61 Å². The van der Waals surface area contributed by atoms with E-state index in [9.17, 15) is 0 Å². The molecule has 0 aliphatic heterocycles. The van der Waals surface area contributed by atoms with Crippen LogP contribution in [0.1, 0.15) is 19.8 Å². The van der Waals surface area contributed by atoms with Gasteiger partial charge in [-0.05, 0) is 6.42 Å². The molecule has 0 aromatic rings. The molecule has 9 heavy (non-hydrogen) atoms. The molecule has 0 saturated carbocycles. The van der Waals surface area contributed by atoms with Crippen LogP contribution in [-0.2, 0) is 4.74 Å². The van der Waals surface area contributed by atoms with Crippen LogP contribution in [0.2, 0.25) is 0 Å². The number of unbranched alkanes of at least 4 members (excludes halogenated alkanes) is 1. The van der Waals surface area contributed by atoms with Gasteiger partial charge in [0.15, 0.2) is 0 Å². The highest BCUT2D eigenvalue weighted by Crippen LogP contribution is 1.85. The Hall–Kier alpha value is 0.686. The van der Waals surface area contributed by atoms with E-state index < -0.39 is 0 Å². The third-order valence-electron chi connectivity index (χ3n) is 0.878. The third kappa shape index (κ3) is 12.0. The number of aliphatic hydroxyl groups excluding tert-OH is 1. The average molecular weight is 144 g/mol. The van der Waals surface area contributed by atoms with E-state index >= 15 is 0 Å². The second-order valence-electron chi connectivity index (χ2n) is 1.69. The van der Waals surface area contributed by atoms with Crippen molar-refractivity contribution < 1.29 is 9.84 Å². The number of rotatable bonds is 5. The van der Waals surface area contributed by atoms with E-state index in [1.54, 1.807) is 0 Å². The molecule has 0 fully saturated rings. The molecule has 0 amide bonds. The predicted octanol–water partition coefficient (Wildman–Crippen LogP) is -0.121. The summed E-state index contributed by atoms with van der Waals surface area (Å²) < 4.78 is 4.97. The molecule has 0 aromatic carbocycles. The van der Waals surface area contributed by atoms with Gasteiger partial charge in [0.1, 0.15) is 0 Å². The van der Waals surface area contributed by atoms with Gasteiger partial charge < -0.3 is 9.84 Å². The monoisotopic (exact) mass is 144 g/mol. The SMILES string of the molecule is CCCCOCCO.[MgH2]. The van der Waals surface area contributed by atoms with E-state index in [2.05, 4.69) is 6.92 Å². The normalized spacial score (nSPS) is 8.67. The van der Waals surface area contributed by atoms with E-state index in [-0.39, 0.29) is 29.7 Å². The van der Waals surface area contributed by atoms with Gasteiger partial charge in [0.25, 0.3) is 0 Å². The molecule has 54 valence electrons. The fourth-order valence-corrected chi connectivity index (χ4v) is 0.413. The lowest BCUT2D eigenvalue weighted by Crippen LogP contribution is -1.99. The Morgan fingerprint density at radius 3 is 2.44 bits per heavy atom. The lowest BCUT2D eigenvalue weighted by Gasteiger charge is -1.97. The van der Waals surface area contributed by atoms with Gasteiger partial charge in [-0.1, -0.05) is 13.3 Å². The maximum absolute atomic E-state index is 8.24. The molecule has 0 bridgehead atoms. The largest absolute Gasteiger partial charge is 0.394 e. The van der Waals surface area contributed by atoms with Crippen molar-refractivity contribution in [3.8, 4) is 0 Å². The molecule has 0 saturated heterocycles. The van der Waals surface area contributed by atoms with Crippen molar-refractivity contribution in [3.63, 3.8) is 0 Å². The second-order valence-corrected chi connectivity index (χ2v) is 1.69. The maximum Gasteiger partial charge on any atom is 0.316 e. The predicted molar refractivity (Wildman–Crippen MR) is 41.4 cm³/mol. The summed E-state index contributed by atoms with van der Waals surface area (Å²) in [5, 5.41) is 8.24. The molecule has 0 heterocycles. The standard InChI is InChI=1S/C6H14O2.Mg.2H/c1-2-3-5-8-6-4-7;;;/h7H,2-6H2,1H3;;;. The van der Waals surface area contributed by atoms with E-state index in [1.165, 1.54) is 0 Å². The quantitative estimate of drug-likeness (QED) is 0.431. The van der Waals surface area contributed by atoms with E-state index in [0.29, 0.717) is 6.61 Å². The van der Waals surface area contributed by atoms with Crippen molar-refractivity contribution in [3.05, 3.63) is 0 Å². The van der Waals surface area contributed by atoms with Gasteiger partial charge in [-0.25, -0.2) is 0 Å². The maximum atomic E-state index is 8.24. The topological polar surface area (TPSA) is 29.5 Å². The van der Waals surface area contributed by atoms with Crippen molar-refractivity contribution in [1.82, 2.24) is 0 Å². The smallest absolute Gasteiger partial charge is 0.316 e. The van der Waals surface area contributed by atoms with Crippen LogP contribution in [0.3, 0.4) is 0 Å². The Morgan fingerprint density at radius 2 is 2.00 bits per heavy atom.